The fourth-order valence-corrected chi connectivity index (χ4v) is 6.46. The molecule has 2 aliphatic rings. The van der Waals surface area contributed by atoms with E-state index < -0.39 is 0 Å². The largest absolute Gasteiger partial charge is 0.508 e. The van der Waals surface area contributed by atoms with Crippen LogP contribution in [0.1, 0.15) is 58.4 Å². The van der Waals surface area contributed by atoms with Crippen LogP contribution in [0, 0.1) is 0 Å². The van der Waals surface area contributed by atoms with Gasteiger partial charge in [-0.1, -0.05) is 24.3 Å². The number of phenolic OH excluding ortho intramolecular Hbond substituents is 2. The third-order valence-electron chi connectivity index (χ3n) is 5.15. The molecule has 132 valence electrons. The monoisotopic (exact) mass is 372 g/mol. The summed E-state index contributed by atoms with van der Waals surface area (Å²) < 4.78 is 0. The van der Waals surface area contributed by atoms with Crippen LogP contribution in [0.15, 0.2) is 36.4 Å². The second-order valence-corrected chi connectivity index (χ2v) is 9.59. The summed E-state index contributed by atoms with van der Waals surface area (Å²) in [5.74, 6) is 3.23. The van der Waals surface area contributed by atoms with Gasteiger partial charge in [-0.25, -0.2) is 0 Å². The van der Waals surface area contributed by atoms with E-state index >= 15 is 0 Å². The molecular formula is C21H24O2S2. The third kappa shape index (κ3) is 3.80. The first-order valence-electron chi connectivity index (χ1n) is 9.07. The number of phenols is 2. The van der Waals surface area contributed by atoms with Gasteiger partial charge in [0, 0.05) is 21.6 Å². The number of hydrogen-bond acceptors (Lipinski definition) is 4. The molecule has 2 aromatic rings. The molecule has 2 N–H and O–H groups in total. The Labute approximate surface area is 158 Å². The molecule has 0 spiro atoms. The molecule has 4 heteroatoms. The molecule has 2 heterocycles. The molecule has 0 radical (unpaired) electrons. The number of thioether (sulfide) groups is 2. The zero-order valence-corrected chi connectivity index (χ0v) is 15.9. The number of aromatic hydroxyl groups is 2. The van der Waals surface area contributed by atoms with Crippen molar-refractivity contribution in [3.05, 3.63) is 58.7 Å². The van der Waals surface area contributed by atoms with Gasteiger partial charge in [0.05, 0.1) is 0 Å². The lowest BCUT2D eigenvalue weighted by Crippen LogP contribution is -1.96. The molecular weight excluding hydrogens is 348 g/mol. The molecule has 2 nitrogen and oxygen atoms in total. The highest BCUT2D eigenvalue weighted by atomic mass is 32.2. The van der Waals surface area contributed by atoms with Crippen molar-refractivity contribution in [3.8, 4) is 11.5 Å². The highest BCUT2D eigenvalue weighted by molar-refractivity contribution is 8.00. The molecule has 2 atom stereocenters. The van der Waals surface area contributed by atoms with E-state index in [1.807, 2.05) is 47.8 Å². The summed E-state index contributed by atoms with van der Waals surface area (Å²) in [7, 11) is 0. The Morgan fingerprint density at radius 3 is 1.64 bits per heavy atom. The maximum absolute atomic E-state index is 10.2. The average Bonchev–Trinajstić information content (AvgIpc) is 3.31. The zero-order valence-electron chi connectivity index (χ0n) is 14.3. The second kappa shape index (κ2) is 7.55. The molecule has 25 heavy (non-hydrogen) atoms. The van der Waals surface area contributed by atoms with E-state index in [0.717, 1.165) is 30.4 Å². The number of rotatable bonds is 4. The lowest BCUT2D eigenvalue weighted by Gasteiger charge is -2.15. The van der Waals surface area contributed by atoms with Crippen LogP contribution in [0.2, 0.25) is 0 Å². The average molecular weight is 373 g/mol. The summed E-state index contributed by atoms with van der Waals surface area (Å²) in [6, 6.07) is 12.1. The van der Waals surface area contributed by atoms with E-state index in [0.29, 0.717) is 22.0 Å². The molecule has 2 aromatic carbocycles. The van der Waals surface area contributed by atoms with E-state index in [2.05, 4.69) is 12.1 Å². The van der Waals surface area contributed by atoms with Gasteiger partial charge in [0.1, 0.15) is 11.5 Å². The van der Waals surface area contributed by atoms with Gasteiger partial charge in [-0.05, 0) is 66.9 Å². The molecule has 0 saturated carbocycles. The summed E-state index contributed by atoms with van der Waals surface area (Å²) >= 11 is 3.90. The summed E-state index contributed by atoms with van der Waals surface area (Å²) in [5, 5.41) is 21.3. The quantitative estimate of drug-likeness (QED) is 0.709. The molecule has 0 aromatic heterocycles. The van der Waals surface area contributed by atoms with Crippen LogP contribution in [0.5, 0.6) is 11.5 Å². The second-order valence-electron chi connectivity index (χ2n) is 6.97. The minimum absolute atomic E-state index is 0.428. The summed E-state index contributed by atoms with van der Waals surface area (Å²) in [6.07, 6.45) is 5.63. The summed E-state index contributed by atoms with van der Waals surface area (Å²) in [4.78, 5) is 0. The van der Waals surface area contributed by atoms with E-state index in [9.17, 15) is 10.2 Å². The predicted octanol–water partition coefficient (Wildman–Crippen LogP) is 5.82. The molecule has 4 rings (SSSR count). The lowest BCUT2D eigenvalue weighted by atomic mass is 9.97. The first-order valence-corrected chi connectivity index (χ1v) is 11.2. The highest BCUT2D eigenvalue weighted by Gasteiger charge is 2.22. The van der Waals surface area contributed by atoms with Crippen molar-refractivity contribution in [1.82, 2.24) is 0 Å². The van der Waals surface area contributed by atoms with E-state index in [4.69, 9.17) is 0 Å². The maximum atomic E-state index is 10.2. The molecule has 0 amide bonds. The lowest BCUT2D eigenvalue weighted by molar-refractivity contribution is 0.466. The van der Waals surface area contributed by atoms with Gasteiger partial charge in [-0.2, -0.15) is 23.5 Å². The minimum atomic E-state index is 0.428. The van der Waals surface area contributed by atoms with Gasteiger partial charge in [0.15, 0.2) is 0 Å². The van der Waals surface area contributed by atoms with Crippen molar-refractivity contribution in [3.63, 3.8) is 0 Å². The summed E-state index contributed by atoms with van der Waals surface area (Å²) in [6.45, 7) is 0. The Balaban J connectivity index is 1.57. The van der Waals surface area contributed by atoms with Crippen molar-refractivity contribution in [1.29, 1.82) is 0 Å². The van der Waals surface area contributed by atoms with Gasteiger partial charge in [-0.15, -0.1) is 0 Å². The smallest absolute Gasteiger partial charge is 0.119 e. The van der Waals surface area contributed by atoms with Gasteiger partial charge in [-0.3, -0.25) is 0 Å². The standard InChI is InChI=1S/C21H24O2S2/c22-18-7-5-14(12-16(18)20-3-1-9-24-20)11-15-6-8-19(23)17(13-15)21-4-2-10-25-21/h5-8,12-13,20-23H,1-4,9-11H2. The van der Waals surface area contributed by atoms with Crippen LogP contribution < -0.4 is 0 Å². The molecule has 2 saturated heterocycles. The van der Waals surface area contributed by atoms with Crippen molar-refractivity contribution in [2.24, 2.45) is 0 Å². The van der Waals surface area contributed by atoms with Gasteiger partial charge in [0.2, 0.25) is 0 Å². The topological polar surface area (TPSA) is 40.5 Å². The Morgan fingerprint density at radius 1 is 0.760 bits per heavy atom. The maximum Gasteiger partial charge on any atom is 0.119 e. The van der Waals surface area contributed by atoms with Crippen LogP contribution in [0.25, 0.3) is 0 Å². The predicted molar refractivity (Wildman–Crippen MR) is 108 cm³/mol. The Morgan fingerprint density at radius 2 is 1.24 bits per heavy atom. The molecule has 2 fully saturated rings. The first kappa shape index (κ1) is 17.2. The number of benzene rings is 2. The normalized spacial score (nSPS) is 23.2. The molecule has 2 aliphatic heterocycles. The fourth-order valence-electron chi connectivity index (χ4n) is 3.83. The molecule has 0 bridgehead atoms. The van der Waals surface area contributed by atoms with Crippen LogP contribution in [-0.4, -0.2) is 21.7 Å². The van der Waals surface area contributed by atoms with Gasteiger partial charge in [0.25, 0.3) is 0 Å². The van der Waals surface area contributed by atoms with Crippen LogP contribution in [0.4, 0.5) is 0 Å². The van der Waals surface area contributed by atoms with Crippen molar-refractivity contribution in [2.75, 3.05) is 11.5 Å². The third-order valence-corrected chi connectivity index (χ3v) is 7.98. The van der Waals surface area contributed by atoms with E-state index in [1.165, 1.54) is 35.5 Å². The Kier molecular flexibility index (Phi) is 5.18. The Bertz CT molecular complexity index is 684. The SMILES string of the molecule is Oc1ccc(Cc2ccc(O)c(C3CCCS3)c2)cc1C1CCCS1. The first-order chi connectivity index (χ1) is 12.2. The molecule has 2 unspecified atom stereocenters. The van der Waals surface area contributed by atoms with Crippen molar-refractivity contribution >= 4 is 23.5 Å². The van der Waals surface area contributed by atoms with Crippen molar-refractivity contribution < 1.29 is 10.2 Å². The zero-order chi connectivity index (χ0) is 17.2. The molecule has 0 aliphatic carbocycles. The minimum Gasteiger partial charge on any atom is -0.508 e. The van der Waals surface area contributed by atoms with Gasteiger partial charge < -0.3 is 10.2 Å². The summed E-state index contributed by atoms with van der Waals surface area (Å²) in [5.41, 5.74) is 4.64. The van der Waals surface area contributed by atoms with Crippen LogP contribution in [0.3, 0.4) is 0 Å². The van der Waals surface area contributed by atoms with Gasteiger partial charge >= 0.3 is 0 Å². The Hall–Kier alpha value is -1.26. The van der Waals surface area contributed by atoms with E-state index in [1.54, 1.807) is 0 Å². The van der Waals surface area contributed by atoms with Crippen LogP contribution >= 0.6 is 23.5 Å². The highest BCUT2D eigenvalue weighted by Crippen LogP contribution is 2.45. The van der Waals surface area contributed by atoms with E-state index in [-0.39, 0.29) is 0 Å². The van der Waals surface area contributed by atoms with Crippen molar-refractivity contribution in [2.45, 2.75) is 42.6 Å². The van der Waals surface area contributed by atoms with Crippen LogP contribution in [-0.2, 0) is 6.42 Å². The number of hydrogen-bond donors (Lipinski definition) is 2. The fraction of sp³-hybridized carbons (Fsp3) is 0.429.